The molecule has 0 aromatic carbocycles. The molecule has 1 heterocycles. The molecule has 2 unspecified atom stereocenters. The number of carbonyl (C=O) groups excluding carboxylic acids is 1. The summed E-state index contributed by atoms with van der Waals surface area (Å²) >= 11 is 0. The molecular formula is C12H20N2O2. The van der Waals surface area contributed by atoms with E-state index >= 15 is 0 Å². The van der Waals surface area contributed by atoms with Crippen LogP contribution in [0.25, 0.3) is 0 Å². The number of ketones is 1. The first-order chi connectivity index (χ1) is 7.61. The summed E-state index contributed by atoms with van der Waals surface area (Å²) in [5.41, 5.74) is 0.600. The maximum Gasteiger partial charge on any atom is 0.183 e. The van der Waals surface area contributed by atoms with Crippen LogP contribution in [0.3, 0.4) is 0 Å². The molecule has 0 amide bonds. The standard InChI is InChI=1S/C12H20N2O2/c1-4-5-9(2)12(16)11-6-7-13-14(11)10(3)8-15/h6-7,9-10,15H,4-5,8H2,1-3H3. The van der Waals surface area contributed by atoms with Crippen LogP contribution in [-0.4, -0.2) is 27.3 Å². The van der Waals surface area contributed by atoms with Crippen molar-refractivity contribution in [2.24, 2.45) is 5.92 Å². The minimum absolute atomic E-state index is 0.00980. The van der Waals surface area contributed by atoms with E-state index in [4.69, 9.17) is 5.11 Å². The molecule has 4 heteroatoms. The van der Waals surface area contributed by atoms with Crippen molar-refractivity contribution in [2.75, 3.05) is 6.61 Å². The van der Waals surface area contributed by atoms with Crippen LogP contribution in [0.5, 0.6) is 0 Å². The van der Waals surface area contributed by atoms with Crippen LogP contribution < -0.4 is 0 Å². The molecule has 0 radical (unpaired) electrons. The minimum Gasteiger partial charge on any atom is -0.394 e. The van der Waals surface area contributed by atoms with Gasteiger partial charge in [0.15, 0.2) is 5.78 Å². The largest absolute Gasteiger partial charge is 0.394 e. The maximum absolute atomic E-state index is 12.1. The molecule has 0 aliphatic rings. The molecular weight excluding hydrogens is 204 g/mol. The lowest BCUT2D eigenvalue weighted by atomic mass is 9.98. The average Bonchev–Trinajstić information content (AvgIpc) is 2.76. The summed E-state index contributed by atoms with van der Waals surface area (Å²) in [6.07, 6.45) is 3.49. The quantitative estimate of drug-likeness (QED) is 0.752. The van der Waals surface area contributed by atoms with Gasteiger partial charge in [-0.25, -0.2) is 0 Å². The van der Waals surface area contributed by atoms with Gasteiger partial charge in [-0.1, -0.05) is 20.3 Å². The molecule has 0 saturated carbocycles. The fourth-order valence-corrected chi connectivity index (χ4v) is 1.75. The minimum atomic E-state index is -0.150. The molecule has 16 heavy (non-hydrogen) atoms. The first-order valence-electron chi connectivity index (χ1n) is 5.80. The summed E-state index contributed by atoms with van der Waals surface area (Å²) in [5.74, 6) is 0.131. The monoisotopic (exact) mass is 224 g/mol. The van der Waals surface area contributed by atoms with Crippen molar-refractivity contribution in [2.45, 2.75) is 39.7 Å². The van der Waals surface area contributed by atoms with E-state index in [1.54, 1.807) is 16.9 Å². The highest BCUT2D eigenvalue weighted by Gasteiger charge is 2.20. The summed E-state index contributed by atoms with van der Waals surface area (Å²) in [6.45, 7) is 5.84. The first kappa shape index (κ1) is 12.9. The van der Waals surface area contributed by atoms with Gasteiger partial charge < -0.3 is 5.11 Å². The zero-order valence-corrected chi connectivity index (χ0v) is 10.2. The van der Waals surface area contributed by atoms with Crippen LogP contribution in [0.2, 0.25) is 0 Å². The second kappa shape index (κ2) is 5.80. The lowest BCUT2D eigenvalue weighted by Crippen LogP contribution is -2.20. The van der Waals surface area contributed by atoms with Gasteiger partial charge >= 0.3 is 0 Å². The SMILES string of the molecule is CCCC(C)C(=O)c1ccnn1C(C)CO. The summed E-state index contributed by atoms with van der Waals surface area (Å²) in [6, 6.07) is 1.57. The Morgan fingerprint density at radius 1 is 1.56 bits per heavy atom. The number of aliphatic hydroxyl groups is 1. The number of carbonyl (C=O) groups is 1. The van der Waals surface area contributed by atoms with Gasteiger partial charge in [-0.05, 0) is 19.4 Å². The van der Waals surface area contributed by atoms with Gasteiger partial charge in [0.05, 0.1) is 12.6 Å². The zero-order chi connectivity index (χ0) is 12.1. The third-order valence-electron chi connectivity index (χ3n) is 2.77. The normalized spacial score (nSPS) is 14.8. The van der Waals surface area contributed by atoms with Crippen molar-refractivity contribution in [3.63, 3.8) is 0 Å². The van der Waals surface area contributed by atoms with E-state index < -0.39 is 0 Å². The van der Waals surface area contributed by atoms with E-state index in [9.17, 15) is 4.79 Å². The summed E-state index contributed by atoms with van der Waals surface area (Å²) in [5, 5.41) is 13.2. The van der Waals surface area contributed by atoms with Crippen LogP contribution in [0.15, 0.2) is 12.3 Å². The molecule has 4 nitrogen and oxygen atoms in total. The number of nitrogens with zero attached hydrogens (tertiary/aromatic N) is 2. The zero-order valence-electron chi connectivity index (χ0n) is 10.2. The molecule has 1 N–H and O–H groups in total. The third-order valence-corrected chi connectivity index (χ3v) is 2.77. The smallest absolute Gasteiger partial charge is 0.183 e. The molecule has 2 atom stereocenters. The van der Waals surface area contributed by atoms with E-state index in [0.717, 1.165) is 12.8 Å². The fourth-order valence-electron chi connectivity index (χ4n) is 1.75. The lowest BCUT2D eigenvalue weighted by Gasteiger charge is -2.14. The molecule has 1 rings (SSSR count). The Morgan fingerprint density at radius 2 is 2.25 bits per heavy atom. The van der Waals surface area contributed by atoms with Crippen LogP contribution in [0.4, 0.5) is 0 Å². The van der Waals surface area contributed by atoms with Gasteiger partial charge in [0.2, 0.25) is 0 Å². The molecule has 0 bridgehead atoms. The molecule has 0 spiro atoms. The van der Waals surface area contributed by atoms with E-state index in [1.807, 2.05) is 13.8 Å². The van der Waals surface area contributed by atoms with Gasteiger partial charge in [0.1, 0.15) is 5.69 Å². The maximum atomic E-state index is 12.1. The predicted molar refractivity (Wildman–Crippen MR) is 62.4 cm³/mol. The Balaban J connectivity index is 2.87. The van der Waals surface area contributed by atoms with E-state index in [1.165, 1.54) is 0 Å². The van der Waals surface area contributed by atoms with Crippen molar-refractivity contribution >= 4 is 5.78 Å². The number of hydrogen-bond donors (Lipinski definition) is 1. The lowest BCUT2D eigenvalue weighted by molar-refractivity contribution is 0.0907. The highest BCUT2D eigenvalue weighted by molar-refractivity contribution is 5.96. The van der Waals surface area contributed by atoms with Crippen molar-refractivity contribution in [1.82, 2.24) is 9.78 Å². The number of hydrogen-bond acceptors (Lipinski definition) is 3. The van der Waals surface area contributed by atoms with E-state index in [-0.39, 0.29) is 24.3 Å². The number of aromatic nitrogens is 2. The van der Waals surface area contributed by atoms with Crippen molar-refractivity contribution in [1.29, 1.82) is 0 Å². The topological polar surface area (TPSA) is 55.1 Å². The highest BCUT2D eigenvalue weighted by atomic mass is 16.3. The van der Waals surface area contributed by atoms with Gasteiger partial charge in [-0.2, -0.15) is 5.10 Å². The van der Waals surface area contributed by atoms with Gasteiger partial charge in [-0.15, -0.1) is 0 Å². The molecule has 1 aromatic rings. The van der Waals surface area contributed by atoms with Crippen molar-refractivity contribution < 1.29 is 9.90 Å². The molecule has 0 aliphatic heterocycles. The second-order valence-corrected chi connectivity index (χ2v) is 4.25. The molecule has 0 fully saturated rings. The van der Waals surface area contributed by atoms with Crippen LogP contribution >= 0.6 is 0 Å². The first-order valence-corrected chi connectivity index (χ1v) is 5.80. The average molecular weight is 224 g/mol. The highest BCUT2D eigenvalue weighted by Crippen LogP contribution is 2.16. The summed E-state index contributed by atoms with van der Waals surface area (Å²) in [7, 11) is 0. The third kappa shape index (κ3) is 2.70. The predicted octanol–water partition coefficient (Wildman–Crippen LogP) is 2.06. The Labute approximate surface area is 96.3 Å². The summed E-state index contributed by atoms with van der Waals surface area (Å²) in [4.78, 5) is 12.1. The van der Waals surface area contributed by atoms with Gasteiger partial charge in [0, 0.05) is 12.1 Å². The van der Waals surface area contributed by atoms with Gasteiger partial charge in [0.25, 0.3) is 0 Å². The number of Topliss-reactive ketones (excluding diaryl/α,β-unsaturated/α-hetero) is 1. The fraction of sp³-hybridized carbons (Fsp3) is 0.667. The second-order valence-electron chi connectivity index (χ2n) is 4.25. The number of aliphatic hydroxyl groups excluding tert-OH is 1. The van der Waals surface area contributed by atoms with Crippen LogP contribution in [-0.2, 0) is 0 Å². The molecule has 90 valence electrons. The molecule has 1 aromatic heterocycles. The van der Waals surface area contributed by atoms with Crippen LogP contribution in [0.1, 0.15) is 50.1 Å². The Bertz CT molecular complexity index is 347. The Morgan fingerprint density at radius 3 is 2.81 bits per heavy atom. The van der Waals surface area contributed by atoms with E-state index in [2.05, 4.69) is 12.0 Å². The van der Waals surface area contributed by atoms with Crippen molar-refractivity contribution in [3.05, 3.63) is 18.0 Å². The van der Waals surface area contributed by atoms with Crippen molar-refractivity contribution in [3.8, 4) is 0 Å². The molecule has 0 saturated heterocycles. The summed E-state index contributed by atoms with van der Waals surface area (Å²) < 4.78 is 1.61. The Hall–Kier alpha value is -1.16. The van der Waals surface area contributed by atoms with E-state index in [0.29, 0.717) is 5.69 Å². The Kier molecular flexibility index (Phi) is 4.68. The number of rotatable bonds is 6. The molecule has 0 aliphatic carbocycles. The van der Waals surface area contributed by atoms with Crippen LogP contribution in [0, 0.1) is 5.92 Å². The van der Waals surface area contributed by atoms with Gasteiger partial charge in [-0.3, -0.25) is 9.48 Å².